The minimum Gasteiger partial charge on any atom is -0.495 e. The quantitative estimate of drug-likeness (QED) is 0.696. The van der Waals surface area contributed by atoms with E-state index < -0.39 is 5.91 Å². The van der Waals surface area contributed by atoms with Crippen LogP contribution < -0.4 is 20.3 Å². The number of anilines is 1. The van der Waals surface area contributed by atoms with Gasteiger partial charge in [-0.15, -0.1) is 0 Å². The molecule has 2 aromatic carbocycles. The highest BCUT2D eigenvalue weighted by atomic mass is 16.5. The molecule has 0 aliphatic rings. The Bertz CT molecular complexity index is 970. The van der Waals surface area contributed by atoms with Gasteiger partial charge in [0.15, 0.2) is 0 Å². The first kappa shape index (κ1) is 18.2. The van der Waals surface area contributed by atoms with Crippen molar-refractivity contribution in [3.63, 3.8) is 0 Å². The van der Waals surface area contributed by atoms with Crippen LogP contribution >= 0.6 is 0 Å². The van der Waals surface area contributed by atoms with Crippen molar-refractivity contribution in [2.75, 3.05) is 19.0 Å². The summed E-state index contributed by atoms with van der Waals surface area (Å²) in [6.45, 7) is 0.484. The van der Waals surface area contributed by atoms with Crippen molar-refractivity contribution in [2.24, 2.45) is 0 Å². The van der Waals surface area contributed by atoms with Crippen LogP contribution in [-0.4, -0.2) is 29.4 Å². The van der Waals surface area contributed by atoms with Crippen molar-refractivity contribution < 1.29 is 14.3 Å². The maximum atomic E-state index is 12.5. The summed E-state index contributed by atoms with van der Waals surface area (Å²) in [5.41, 5.74) is 0.345. The average Bonchev–Trinajstić information content (AvgIpc) is 2.70. The van der Waals surface area contributed by atoms with Crippen LogP contribution in [-0.2, 0) is 6.54 Å². The maximum Gasteiger partial charge on any atom is 0.276 e. The van der Waals surface area contributed by atoms with E-state index in [0.717, 1.165) is 0 Å². The lowest BCUT2D eigenvalue weighted by Crippen LogP contribution is -2.28. The minimum atomic E-state index is -0.433. The third-order valence-corrected chi connectivity index (χ3v) is 3.77. The summed E-state index contributed by atoms with van der Waals surface area (Å²) in [6, 6.07) is 19.0. The Morgan fingerprint density at radius 2 is 1.78 bits per heavy atom. The Labute approximate surface area is 156 Å². The number of para-hydroxylation sites is 3. The SMILES string of the molecule is COc1ccccc1NC(=O)c1ccc(=O)n(CCOc2ccccc2)n1. The molecule has 0 aliphatic carbocycles. The molecule has 1 heterocycles. The fourth-order valence-electron chi connectivity index (χ4n) is 2.43. The summed E-state index contributed by atoms with van der Waals surface area (Å²) >= 11 is 0. The second kappa shape index (κ2) is 8.66. The van der Waals surface area contributed by atoms with E-state index in [0.29, 0.717) is 17.2 Å². The highest BCUT2D eigenvalue weighted by molar-refractivity contribution is 6.03. The number of hydrogen-bond donors (Lipinski definition) is 1. The zero-order valence-corrected chi connectivity index (χ0v) is 14.8. The number of amides is 1. The molecule has 0 atom stereocenters. The van der Waals surface area contributed by atoms with Crippen LogP contribution in [0.25, 0.3) is 0 Å². The second-order valence-corrected chi connectivity index (χ2v) is 5.60. The van der Waals surface area contributed by atoms with Crippen LogP contribution in [0.5, 0.6) is 11.5 Å². The van der Waals surface area contributed by atoms with Gasteiger partial charge in [0.2, 0.25) is 0 Å². The fraction of sp³-hybridized carbons (Fsp3) is 0.150. The predicted molar refractivity (Wildman–Crippen MR) is 101 cm³/mol. The molecule has 138 valence electrons. The van der Waals surface area contributed by atoms with Gasteiger partial charge in [0.1, 0.15) is 23.8 Å². The van der Waals surface area contributed by atoms with E-state index in [1.165, 1.54) is 23.9 Å². The number of carbonyl (C=O) groups excluding carboxylic acids is 1. The van der Waals surface area contributed by atoms with E-state index in [1.54, 1.807) is 24.3 Å². The third-order valence-electron chi connectivity index (χ3n) is 3.77. The first-order valence-electron chi connectivity index (χ1n) is 8.38. The van der Waals surface area contributed by atoms with Gasteiger partial charge in [-0.3, -0.25) is 9.59 Å². The Morgan fingerprint density at radius 3 is 2.56 bits per heavy atom. The molecule has 1 N–H and O–H groups in total. The van der Waals surface area contributed by atoms with E-state index >= 15 is 0 Å². The number of benzene rings is 2. The first-order valence-corrected chi connectivity index (χ1v) is 8.38. The normalized spacial score (nSPS) is 10.3. The zero-order valence-electron chi connectivity index (χ0n) is 14.8. The lowest BCUT2D eigenvalue weighted by molar-refractivity contribution is 0.101. The summed E-state index contributed by atoms with van der Waals surface area (Å²) in [4.78, 5) is 24.5. The molecule has 0 saturated carbocycles. The van der Waals surface area contributed by atoms with Crippen LogP contribution in [0, 0.1) is 0 Å². The van der Waals surface area contributed by atoms with Crippen molar-refractivity contribution in [1.29, 1.82) is 0 Å². The van der Waals surface area contributed by atoms with Gasteiger partial charge in [-0.25, -0.2) is 4.68 Å². The lowest BCUT2D eigenvalue weighted by atomic mass is 10.2. The third kappa shape index (κ3) is 4.72. The van der Waals surface area contributed by atoms with E-state index in [4.69, 9.17) is 9.47 Å². The second-order valence-electron chi connectivity index (χ2n) is 5.60. The summed E-state index contributed by atoms with van der Waals surface area (Å²) in [5.74, 6) is 0.809. The number of ether oxygens (including phenoxy) is 2. The van der Waals surface area contributed by atoms with Crippen LogP contribution in [0.15, 0.2) is 71.5 Å². The lowest BCUT2D eigenvalue weighted by Gasteiger charge is -2.11. The smallest absolute Gasteiger partial charge is 0.276 e. The summed E-state index contributed by atoms with van der Waals surface area (Å²) < 4.78 is 12.0. The molecule has 0 radical (unpaired) electrons. The van der Waals surface area contributed by atoms with E-state index in [-0.39, 0.29) is 24.4 Å². The molecule has 0 unspecified atom stereocenters. The molecule has 7 nitrogen and oxygen atoms in total. The number of hydrogen-bond acceptors (Lipinski definition) is 5. The van der Waals surface area contributed by atoms with Crippen LogP contribution in [0.3, 0.4) is 0 Å². The molecule has 7 heteroatoms. The number of methoxy groups -OCH3 is 1. The zero-order chi connectivity index (χ0) is 19.1. The topological polar surface area (TPSA) is 82.5 Å². The Hall–Kier alpha value is -3.61. The maximum absolute atomic E-state index is 12.5. The summed E-state index contributed by atoms with van der Waals surface area (Å²) in [5, 5.41) is 6.86. The standard InChI is InChI=1S/C20H19N3O4/c1-26-18-10-6-5-9-16(18)21-20(25)17-11-12-19(24)23(22-17)13-14-27-15-7-3-2-4-8-15/h2-12H,13-14H2,1H3,(H,21,25). The molecule has 0 fully saturated rings. The molecule has 3 rings (SSSR count). The molecule has 0 aliphatic heterocycles. The molecule has 3 aromatic rings. The monoisotopic (exact) mass is 365 g/mol. The van der Waals surface area contributed by atoms with E-state index in [9.17, 15) is 9.59 Å². The predicted octanol–water partition coefficient (Wildman–Crippen LogP) is 2.58. The van der Waals surface area contributed by atoms with Gasteiger partial charge in [0.05, 0.1) is 19.3 Å². The molecule has 1 amide bonds. The molecular formula is C20H19N3O4. The van der Waals surface area contributed by atoms with Gasteiger partial charge in [-0.05, 0) is 30.3 Å². The van der Waals surface area contributed by atoms with Crippen molar-refractivity contribution in [1.82, 2.24) is 9.78 Å². The number of aromatic nitrogens is 2. The molecule has 0 spiro atoms. The molecule has 0 saturated heterocycles. The first-order chi connectivity index (χ1) is 13.2. The van der Waals surface area contributed by atoms with Crippen LogP contribution in [0.4, 0.5) is 5.69 Å². The number of nitrogens with zero attached hydrogens (tertiary/aromatic N) is 2. The summed E-state index contributed by atoms with van der Waals surface area (Å²) in [6.07, 6.45) is 0. The van der Waals surface area contributed by atoms with Crippen LogP contribution in [0.2, 0.25) is 0 Å². The van der Waals surface area contributed by atoms with E-state index in [1.807, 2.05) is 30.3 Å². The van der Waals surface area contributed by atoms with Gasteiger partial charge >= 0.3 is 0 Å². The van der Waals surface area contributed by atoms with Gasteiger partial charge < -0.3 is 14.8 Å². The van der Waals surface area contributed by atoms with Gasteiger partial charge in [-0.1, -0.05) is 30.3 Å². The summed E-state index contributed by atoms with van der Waals surface area (Å²) in [7, 11) is 1.52. The highest BCUT2D eigenvalue weighted by Gasteiger charge is 2.12. The number of nitrogens with one attached hydrogen (secondary N) is 1. The molecule has 27 heavy (non-hydrogen) atoms. The minimum absolute atomic E-state index is 0.125. The Morgan fingerprint density at radius 1 is 1.04 bits per heavy atom. The molecule has 1 aromatic heterocycles. The molecule has 0 bridgehead atoms. The van der Waals surface area contributed by atoms with Crippen molar-refractivity contribution in [2.45, 2.75) is 6.54 Å². The van der Waals surface area contributed by atoms with E-state index in [2.05, 4.69) is 10.4 Å². The van der Waals surface area contributed by atoms with Gasteiger partial charge in [0.25, 0.3) is 11.5 Å². The molecular weight excluding hydrogens is 346 g/mol. The fourth-order valence-corrected chi connectivity index (χ4v) is 2.43. The average molecular weight is 365 g/mol. The Balaban J connectivity index is 1.68. The largest absolute Gasteiger partial charge is 0.495 e. The van der Waals surface area contributed by atoms with Crippen molar-refractivity contribution in [3.05, 3.63) is 82.8 Å². The van der Waals surface area contributed by atoms with Gasteiger partial charge in [0, 0.05) is 6.07 Å². The highest BCUT2D eigenvalue weighted by Crippen LogP contribution is 2.23. The number of rotatable bonds is 7. The van der Waals surface area contributed by atoms with Crippen molar-refractivity contribution in [3.8, 4) is 11.5 Å². The van der Waals surface area contributed by atoms with Gasteiger partial charge in [-0.2, -0.15) is 5.10 Å². The van der Waals surface area contributed by atoms with Crippen molar-refractivity contribution >= 4 is 11.6 Å². The Kier molecular flexibility index (Phi) is 5.84. The number of carbonyl (C=O) groups is 1. The van der Waals surface area contributed by atoms with Crippen LogP contribution in [0.1, 0.15) is 10.5 Å².